The number of carbonyl (C=O) groups is 1. The summed E-state index contributed by atoms with van der Waals surface area (Å²) in [6.45, 7) is 10.5. The van der Waals surface area contributed by atoms with Crippen molar-refractivity contribution in [2.24, 2.45) is 11.8 Å². The Hall–Kier alpha value is -0.740. The van der Waals surface area contributed by atoms with Crippen LogP contribution >= 0.6 is 0 Å². The van der Waals surface area contributed by atoms with Crippen LogP contribution in [0.5, 0.6) is 0 Å². The predicted molar refractivity (Wildman–Crippen MR) is 98.9 cm³/mol. The fourth-order valence-corrected chi connectivity index (χ4v) is 4.81. The second-order valence-corrected chi connectivity index (χ2v) is 9.20. The molecule has 2 fully saturated rings. The van der Waals surface area contributed by atoms with E-state index in [0.29, 0.717) is 38.5 Å². The predicted octanol–water partition coefficient (Wildman–Crippen LogP) is 0.453. The van der Waals surface area contributed by atoms with Gasteiger partial charge in [0.1, 0.15) is 0 Å². The maximum absolute atomic E-state index is 12.6. The summed E-state index contributed by atoms with van der Waals surface area (Å²) < 4.78 is 40.0. The highest BCUT2D eigenvalue weighted by atomic mass is 32.2. The number of nitrogens with zero attached hydrogens (tertiary/aromatic N) is 2. The summed E-state index contributed by atoms with van der Waals surface area (Å²) in [6, 6.07) is 0. The molecule has 1 N–H and O–H groups in total. The SMILES string of the molecule is CCOC(=O)[C@@H]1CCCN(S(=O)(=O)NC[C@H]2CN(CC(C)C)CCO2)C1. The van der Waals surface area contributed by atoms with Crippen molar-refractivity contribution in [2.75, 3.05) is 52.5 Å². The van der Waals surface area contributed by atoms with Crippen LogP contribution in [-0.2, 0) is 24.5 Å². The van der Waals surface area contributed by atoms with Gasteiger partial charge in [0.15, 0.2) is 0 Å². The molecule has 0 aromatic carbocycles. The van der Waals surface area contributed by atoms with Gasteiger partial charge >= 0.3 is 5.97 Å². The average molecular weight is 392 g/mol. The summed E-state index contributed by atoms with van der Waals surface area (Å²) in [5.41, 5.74) is 0. The van der Waals surface area contributed by atoms with Crippen molar-refractivity contribution in [2.45, 2.75) is 39.7 Å². The summed E-state index contributed by atoms with van der Waals surface area (Å²) in [7, 11) is -3.63. The van der Waals surface area contributed by atoms with Crippen molar-refractivity contribution in [3.8, 4) is 0 Å². The summed E-state index contributed by atoms with van der Waals surface area (Å²) in [4.78, 5) is 14.2. The average Bonchev–Trinajstić information content (AvgIpc) is 2.60. The molecule has 9 heteroatoms. The fourth-order valence-electron chi connectivity index (χ4n) is 3.49. The number of rotatable bonds is 8. The van der Waals surface area contributed by atoms with E-state index < -0.39 is 10.2 Å². The Kier molecular flexibility index (Phi) is 8.28. The van der Waals surface area contributed by atoms with Crippen molar-refractivity contribution in [3.05, 3.63) is 0 Å². The van der Waals surface area contributed by atoms with Crippen LogP contribution < -0.4 is 4.72 Å². The number of morpholine rings is 1. The van der Waals surface area contributed by atoms with E-state index in [1.807, 2.05) is 0 Å². The molecule has 0 bridgehead atoms. The Morgan fingerprint density at radius 1 is 1.31 bits per heavy atom. The molecule has 2 aliphatic rings. The van der Waals surface area contributed by atoms with Gasteiger partial charge in [-0.15, -0.1) is 0 Å². The molecule has 2 heterocycles. The molecule has 2 atom stereocenters. The second kappa shape index (κ2) is 9.98. The van der Waals surface area contributed by atoms with Crippen molar-refractivity contribution in [1.82, 2.24) is 13.9 Å². The zero-order valence-electron chi connectivity index (χ0n) is 16.1. The summed E-state index contributed by atoms with van der Waals surface area (Å²) in [6.07, 6.45) is 1.18. The number of carbonyl (C=O) groups excluding carboxylic acids is 1. The number of hydrogen-bond donors (Lipinski definition) is 1. The van der Waals surface area contributed by atoms with Gasteiger partial charge in [0.05, 0.1) is 25.2 Å². The minimum atomic E-state index is -3.63. The Morgan fingerprint density at radius 3 is 2.77 bits per heavy atom. The van der Waals surface area contributed by atoms with E-state index in [9.17, 15) is 13.2 Å². The van der Waals surface area contributed by atoms with E-state index in [4.69, 9.17) is 9.47 Å². The van der Waals surface area contributed by atoms with E-state index in [0.717, 1.165) is 19.6 Å². The van der Waals surface area contributed by atoms with Crippen LogP contribution in [0.25, 0.3) is 0 Å². The molecule has 0 amide bonds. The third kappa shape index (κ3) is 6.45. The molecule has 152 valence electrons. The van der Waals surface area contributed by atoms with Crippen LogP contribution in [0, 0.1) is 11.8 Å². The standard InChI is InChI=1S/C17H33N3O5S/c1-4-24-17(21)15-6-5-7-20(12-15)26(22,23)18-10-16-13-19(8-9-25-16)11-14(2)3/h14-16,18H,4-13H2,1-3H3/t15-,16+/m1/s1. The van der Waals surface area contributed by atoms with E-state index >= 15 is 0 Å². The lowest BCUT2D eigenvalue weighted by atomic mass is 10.0. The molecule has 0 unspecified atom stereocenters. The first-order valence-corrected chi connectivity index (χ1v) is 11.0. The molecule has 0 aromatic heterocycles. The van der Waals surface area contributed by atoms with E-state index in [1.165, 1.54) is 4.31 Å². The number of esters is 1. The molecule has 8 nitrogen and oxygen atoms in total. The number of hydrogen-bond acceptors (Lipinski definition) is 6. The number of nitrogens with one attached hydrogen (secondary N) is 1. The van der Waals surface area contributed by atoms with Gasteiger partial charge in [-0.25, -0.2) is 0 Å². The minimum absolute atomic E-state index is 0.150. The zero-order chi connectivity index (χ0) is 19.2. The van der Waals surface area contributed by atoms with Crippen LogP contribution in [0.2, 0.25) is 0 Å². The van der Waals surface area contributed by atoms with Crippen LogP contribution in [0.4, 0.5) is 0 Å². The Bertz CT molecular complexity index is 555. The summed E-state index contributed by atoms with van der Waals surface area (Å²) >= 11 is 0. The zero-order valence-corrected chi connectivity index (χ0v) is 17.0. The number of piperidine rings is 1. The Labute approximate surface area is 157 Å². The van der Waals surface area contributed by atoms with Crippen molar-refractivity contribution in [1.29, 1.82) is 0 Å². The van der Waals surface area contributed by atoms with Gasteiger partial charge in [0.25, 0.3) is 10.2 Å². The lowest BCUT2D eigenvalue weighted by Crippen LogP contribution is -2.52. The van der Waals surface area contributed by atoms with E-state index in [2.05, 4.69) is 23.5 Å². The largest absolute Gasteiger partial charge is 0.466 e. The third-order valence-electron chi connectivity index (χ3n) is 4.68. The molecule has 2 saturated heterocycles. The number of ether oxygens (including phenoxy) is 2. The summed E-state index contributed by atoms with van der Waals surface area (Å²) in [5.74, 6) is -0.126. The third-order valence-corrected chi connectivity index (χ3v) is 6.23. The van der Waals surface area contributed by atoms with Gasteiger partial charge in [0, 0.05) is 39.3 Å². The maximum atomic E-state index is 12.6. The highest BCUT2D eigenvalue weighted by Crippen LogP contribution is 2.20. The lowest BCUT2D eigenvalue weighted by Gasteiger charge is -2.35. The van der Waals surface area contributed by atoms with Crippen LogP contribution in [-0.4, -0.2) is 82.2 Å². The van der Waals surface area contributed by atoms with Gasteiger partial charge in [-0.2, -0.15) is 17.4 Å². The van der Waals surface area contributed by atoms with Crippen molar-refractivity contribution >= 4 is 16.2 Å². The molecule has 0 saturated carbocycles. The first kappa shape index (κ1) is 21.6. The molecular weight excluding hydrogens is 358 g/mol. The molecule has 26 heavy (non-hydrogen) atoms. The van der Waals surface area contributed by atoms with E-state index in [1.54, 1.807) is 6.92 Å². The van der Waals surface area contributed by atoms with Gasteiger partial charge in [-0.3, -0.25) is 9.69 Å². The highest BCUT2D eigenvalue weighted by Gasteiger charge is 2.33. The van der Waals surface area contributed by atoms with Crippen LogP contribution in [0.15, 0.2) is 0 Å². The monoisotopic (exact) mass is 391 g/mol. The molecule has 0 radical (unpaired) electrons. The van der Waals surface area contributed by atoms with Crippen molar-refractivity contribution < 1.29 is 22.7 Å². The maximum Gasteiger partial charge on any atom is 0.310 e. The van der Waals surface area contributed by atoms with Crippen molar-refractivity contribution in [3.63, 3.8) is 0 Å². The second-order valence-electron chi connectivity index (χ2n) is 7.45. The van der Waals surface area contributed by atoms with Crippen LogP contribution in [0.1, 0.15) is 33.6 Å². The fraction of sp³-hybridized carbons (Fsp3) is 0.941. The van der Waals surface area contributed by atoms with Crippen LogP contribution in [0.3, 0.4) is 0 Å². The minimum Gasteiger partial charge on any atom is -0.466 e. The highest BCUT2D eigenvalue weighted by molar-refractivity contribution is 7.87. The molecule has 0 spiro atoms. The molecule has 0 aromatic rings. The lowest BCUT2D eigenvalue weighted by molar-refractivity contribution is -0.149. The molecule has 2 aliphatic heterocycles. The molecule has 2 rings (SSSR count). The summed E-state index contributed by atoms with van der Waals surface area (Å²) in [5, 5.41) is 0. The Morgan fingerprint density at radius 2 is 2.08 bits per heavy atom. The van der Waals surface area contributed by atoms with Gasteiger partial charge < -0.3 is 9.47 Å². The van der Waals surface area contributed by atoms with Gasteiger partial charge in [-0.05, 0) is 25.7 Å². The Balaban J connectivity index is 1.84. The van der Waals surface area contributed by atoms with Gasteiger partial charge in [-0.1, -0.05) is 13.8 Å². The van der Waals surface area contributed by atoms with Gasteiger partial charge in [0.2, 0.25) is 0 Å². The normalized spacial score (nSPS) is 26.2. The van der Waals surface area contributed by atoms with E-state index in [-0.39, 0.29) is 31.1 Å². The molecular formula is C17H33N3O5S. The first-order valence-electron chi connectivity index (χ1n) is 9.57. The quantitative estimate of drug-likeness (QED) is 0.605. The first-order chi connectivity index (χ1) is 12.3. The smallest absolute Gasteiger partial charge is 0.310 e. The topological polar surface area (TPSA) is 88.2 Å². The molecule has 0 aliphatic carbocycles.